The van der Waals surface area contributed by atoms with Crippen LogP contribution >= 0.6 is 0 Å². The highest BCUT2D eigenvalue weighted by molar-refractivity contribution is 5.17. The number of rotatable bonds is 5. The summed E-state index contributed by atoms with van der Waals surface area (Å²) in [7, 11) is 2.20. The second kappa shape index (κ2) is 6.20. The van der Waals surface area contributed by atoms with E-state index in [1.54, 1.807) is 6.26 Å². The quantitative estimate of drug-likeness (QED) is 0.907. The zero-order valence-corrected chi connectivity index (χ0v) is 11.8. The highest BCUT2D eigenvalue weighted by Crippen LogP contribution is 2.35. The first-order chi connectivity index (χ1) is 9.84. The lowest BCUT2D eigenvalue weighted by molar-refractivity contribution is 0.270. The Hall–Kier alpha value is -1.65. The minimum absolute atomic E-state index is 0.466. The number of pyridine rings is 1. The molecule has 3 heterocycles. The molecule has 0 unspecified atom stereocenters. The van der Waals surface area contributed by atoms with Crippen molar-refractivity contribution in [3.63, 3.8) is 0 Å². The molecule has 0 aromatic carbocycles. The molecule has 2 atom stereocenters. The van der Waals surface area contributed by atoms with Crippen LogP contribution in [-0.2, 0) is 6.54 Å². The summed E-state index contributed by atoms with van der Waals surface area (Å²) in [5.74, 6) is 1.62. The molecule has 0 amide bonds. The number of likely N-dealkylation sites (tertiary alicyclic amines) is 1. The third kappa shape index (κ3) is 2.92. The molecule has 4 heteroatoms. The number of aromatic nitrogens is 1. The number of nitrogens with zero attached hydrogens (tertiary/aromatic N) is 2. The summed E-state index contributed by atoms with van der Waals surface area (Å²) in [5, 5.41) is 3.51. The third-order valence-corrected chi connectivity index (χ3v) is 4.09. The van der Waals surface area contributed by atoms with Gasteiger partial charge in [-0.15, -0.1) is 0 Å². The van der Waals surface area contributed by atoms with Gasteiger partial charge in [-0.3, -0.25) is 9.88 Å². The van der Waals surface area contributed by atoms with Crippen molar-refractivity contribution in [2.75, 3.05) is 20.1 Å². The first kappa shape index (κ1) is 13.3. The van der Waals surface area contributed by atoms with Crippen LogP contribution < -0.4 is 5.32 Å². The predicted octanol–water partition coefficient (Wildman–Crippen LogP) is 2.46. The van der Waals surface area contributed by atoms with E-state index >= 15 is 0 Å². The van der Waals surface area contributed by atoms with Crippen molar-refractivity contribution in [1.29, 1.82) is 0 Å². The average Bonchev–Trinajstić information content (AvgIpc) is 3.10. The standard InChI is InChI=1S/C16H21N3O/c1-19-8-6-14(11-18-12-15-5-3-9-20-15)16(19)13-4-2-7-17-10-13/h2-5,7,9-10,14,16,18H,6,8,11-12H2,1H3/t14-,16-/m0/s1. The molecule has 1 aliphatic rings. The van der Waals surface area contributed by atoms with Crippen LogP contribution in [0.25, 0.3) is 0 Å². The Labute approximate surface area is 119 Å². The van der Waals surface area contributed by atoms with Gasteiger partial charge in [0, 0.05) is 25.0 Å². The molecule has 0 radical (unpaired) electrons. The summed E-state index contributed by atoms with van der Waals surface area (Å²) in [4.78, 5) is 6.68. The third-order valence-electron chi connectivity index (χ3n) is 4.09. The Morgan fingerprint density at radius 2 is 2.35 bits per heavy atom. The van der Waals surface area contributed by atoms with Gasteiger partial charge in [0.05, 0.1) is 12.8 Å². The summed E-state index contributed by atoms with van der Waals surface area (Å²) in [5.41, 5.74) is 1.32. The maximum absolute atomic E-state index is 5.35. The lowest BCUT2D eigenvalue weighted by atomic mass is 9.95. The maximum atomic E-state index is 5.35. The Morgan fingerprint density at radius 3 is 3.10 bits per heavy atom. The molecule has 20 heavy (non-hydrogen) atoms. The molecule has 1 N–H and O–H groups in total. The SMILES string of the molecule is CN1CC[C@@H](CNCc2ccco2)[C@@H]1c1cccnc1. The van der Waals surface area contributed by atoms with E-state index < -0.39 is 0 Å². The molecule has 2 aromatic rings. The van der Waals surface area contributed by atoms with E-state index in [0.717, 1.165) is 25.4 Å². The van der Waals surface area contributed by atoms with Crippen LogP contribution in [0.1, 0.15) is 23.8 Å². The van der Waals surface area contributed by atoms with Gasteiger partial charge in [-0.25, -0.2) is 0 Å². The summed E-state index contributed by atoms with van der Waals surface area (Å²) in [6.07, 6.45) is 6.77. The topological polar surface area (TPSA) is 41.3 Å². The van der Waals surface area contributed by atoms with Crippen molar-refractivity contribution in [3.05, 3.63) is 54.2 Å². The van der Waals surface area contributed by atoms with Crippen LogP contribution in [0.5, 0.6) is 0 Å². The van der Waals surface area contributed by atoms with Crippen molar-refractivity contribution >= 4 is 0 Å². The zero-order chi connectivity index (χ0) is 13.8. The summed E-state index contributed by atoms with van der Waals surface area (Å²) >= 11 is 0. The van der Waals surface area contributed by atoms with Crippen molar-refractivity contribution in [3.8, 4) is 0 Å². The van der Waals surface area contributed by atoms with E-state index in [1.165, 1.54) is 12.0 Å². The average molecular weight is 271 g/mol. The molecule has 3 rings (SSSR count). The molecule has 106 valence electrons. The summed E-state index contributed by atoms with van der Waals surface area (Å²) < 4.78 is 5.35. The minimum atomic E-state index is 0.466. The second-order valence-electron chi connectivity index (χ2n) is 5.47. The summed E-state index contributed by atoms with van der Waals surface area (Å²) in [6, 6.07) is 8.60. The van der Waals surface area contributed by atoms with Gasteiger partial charge in [-0.05, 0) is 49.7 Å². The lowest BCUT2D eigenvalue weighted by Crippen LogP contribution is -2.28. The largest absolute Gasteiger partial charge is 0.468 e. The van der Waals surface area contributed by atoms with E-state index in [0.29, 0.717) is 12.0 Å². The van der Waals surface area contributed by atoms with Crippen LogP contribution in [0.3, 0.4) is 0 Å². The molecule has 0 spiro atoms. The molecule has 1 fully saturated rings. The van der Waals surface area contributed by atoms with Gasteiger partial charge in [-0.2, -0.15) is 0 Å². The van der Waals surface area contributed by atoms with E-state index in [4.69, 9.17) is 4.42 Å². The Kier molecular flexibility index (Phi) is 4.14. The molecule has 0 aliphatic carbocycles. The van der Waals surface area contributed by atoms with Crippen molar-refractivity contribution in [2.45, 2.75) is 19.0 Å². The van der Waals surface area contributed by atoms with Gasteiger partial charge in [0.1, 0.15) is 5.76 Å². The zero-order valence-electron chi connectivity index (χ0n) is 11.8. The lowest BCUT2D eigenvalue weighted by Gasteiger charge is -2.25. The van der Waals surface area contributed by atoms with Crippen LogP contribution in [0, 0.1) is 5.92 Å². The maximum Gasteiger partial charge on any atom is 0.117 e. The number of nitrogens with one attached hydrogen (secondary N) is 1. The Bertz CT molecular complexity index is 512. The highest BCUT2D eigenvalue weighted by Gasteiger charge is 2.32. The first-order valence-corrected chi connectivity index (χ1v) is 7.18. The molecule has 1 aliphatic heterocycles. The van der Waals surface area contributed by atoms with E-state index in [-0.39, 0.29) is 0 Å². The van der Waals surface area contributed by atoms with Gasteiger partial charge >= 0.3 is 0 Å². The molecule has 0 saturated carbocycles. The molecule has 2 aromatic heterocycles. The minimum Gasteiger partial charge on any atom is -0.468 e. The number of hydrogen-bond acceptors (Lipinski definition) is 4. The Morgan fingerprint density at radius 1 is 1.40 bits per heavy atom. The fraction of sp³-hybridized carbons (Fsp3) is 0.438. The number of furan rings is 1. The smallest absolute Gasteiger partial charge is 0.117 e. The fourth-order valence-electron chi connectivity index (χ4n) is 3.11. The van der Waals surface area contributed by atoms with Gasteiger partial charge in [0.2, 0.25) is 0 Å². The van der Waals surface area contributed by atoms with Crippen molar-refractivity contribution in [2.24, 2.45) is 5.92 Å². The van der Waals surface area contributed by atoms with Gasteiger partial charge in [-0.1, -0.05) is 6.07 Å². The van der Waals surface area contributed by atoms with Gasteiger partial charge < -0.3 is 9.73 Å². The van der Waals surface area contributed by atoms with Gasteiger partial charge in [0.15, 0.2) is 0 Å². The molecule has 1 saturated heterocycles. The highest BCUT2D eigenvalue weighted by atomic mass is 16.3. The number of hydrogen-bond donors (Lipinski definition) is 1. The van der Waals surface area contributed by atoms with Crippen molar-refractivity contribution in [1.82, 2.24) is 15.2 Å². The summed E-state index contributed by atoms with van der Waals surface area (Å²) in [6.45, 7) is 2.95. The van der Waals surface area contributed by atoms with E-state index in [9.17, 15) is 0 Å². The molecular weight excluding hydrogens is 250 g/mol. The molecule has 4 nitrogen and oxygen atoms in total. The van der Waals surface area contributed by atoms with E-state index in [1.807, 2.05) is 30.6 Å². The predicted molar refractivity (Wildman–Crippen MR) is 78.1 cm³/mol. The van der Waals surface area contributed by atoms with E-state index in [2.05, 4.69) is 28.3 Å². The van der Waals surface area contributed by atoms with Crippen molar-refractivity contribution < 1.29 is 4.42 Å². The second-order valence-corrected chi connectivity index (χ2v) is 5.47. The van der Waals surface area contributed by atoms with Crippen LogP contribution in [0.2, 0.25) is 0 Å². The monoisotopic (exact) mass is 271 g/mol. The van der Waals surface area contributed by atoms with Crippen LogP contribution in [0.4, 0.5) is 0 Å². The normalized spacial score (nSPS) is 23.2. The molecular formula is C16H21N3O. The molecule has 0 bridgehead atoms. The van der Waals surface area contributed by atoms with Crippen LogP contribution in [0.15, 0.2) is 47.3 Å². The van der Waals surface area contributed by atoms with Gasteiger partial charge in [0.25, 0.3) is 0 Å². The van der Waals surface area contributed by atoms with Crippen LogP contribution in [-0.4, -0.2) is 30.0 Å². The fourth-order valence-corrected chi connectivity index (χ4v) is 3.11. The first-order valence-electron chi connectivity index (χ1n) is 7.18. The Balaban J connectivity index is 1.60.